The molecule has 1 saturated heterocycles. The van der Waals surface area contributed by atoms with Crippen molar-refractivity contribution >= 4 is 0 Å². The molecular weight excluding hydrogens is 254 g/mol. The molecular formula is C20H37N. The lowest BCUT2D eigenvalue weighted by atomic mass is 9.79. The monoisotopic (exact) mass is 291 g/mol. The highest BCUT2D eigenvalue weighted by Crippen LogP contribution is 2.32. The van der Waals surface area contributed by atoms with E-state index in [0.717, 1.165) is 0 Å². The van der Waals surface area contributed by atoms with Gasteiger partial charge in [0, 0.05) is 11.1 Å². The van der Waals surface area contributed by atoms with Gasteiger partial charge in [-0.1, -0.05) is 43.4 Å². The average molecular weight is 292 g/mol. The standard InChI is InChI=1S/C20H37N/c1-6-7-8-9-10-11-12-13-14-15-18-16-19(2,3)21-20(4,5)17-18/h6,15,21H,1,7-14,16-17H2,2-5H3. The second-order valence-corrected chi connectivity index (χ2v) is 8.10. The second kappa shape index (κ2) is 8.78. The van der Waals surface area contributed by atoms with Crippen molar-refractivity contribution in [1.29, 1.82) is 0 Å². The number of hydrogen-bond acceptors (Lipinski definition) is 1. The Bertz CT molecular complexity index is 318. The topological polar surface area (TPSA) is 12.0 Å². The summed E-state index contributed by atoms with van der Waals surface area (Å²) in [5.41, 5.74) is 2.16. The lowest BCUT2D eigenvalue weighted by Gasteiger charge is -2.44. The highest BCUT2D eigenvalue weighted by atomic mass is 15.0. The Morgan fingerprint density at radius 3 is 1.86 bits per heavy atom. The van der Waals surface area contributed by atoms with Gasteiger partial charge in [0.2, 0.25) is 0 Å². The number of hydrogen-bond donors (Lipinski definition) is 1. The minimum atomic E-state index is 0.249. The summed E-state index contributed by atoms with van der Waals surface area (Å²) in [6, 6.07) is 0. The van der Waals surface area contributed by atoms with Crippen LogP contribution in [0.15, 0.2) is 24.3 Å². The first-order valence-electron chi connectivity index (χ1n) is 8.93. The Morgan fingerprint density at radius 1 is 0.857 bits per heavy atom. The molecule has 1 aliphatic heterocycles. The van der Waals surface area contributed by atoms with Crippen molar-refractivity contribution in [3.05, 3.63) is 24.3 Å². The average Bonchev–Trinajstić information content (AvgIpc) is 2.33. The van der Waals surface area contributed by atoms with Crippen LogP contribution in [0.25, 0.3) is 0 Å². The molecule has 122 valence electrons. The molecule has 0 aromatic carbocycles. The molecule has 0 bridgehead atoms. The van der Waals surface area contributed by atoms with Crippen molar-refractivity contribution < 1.29 is 0 Å². The van der Waals surface area contributed by atoms with Crippen LogP contribution in [-0.4, -0.2) is 11.1 Å². The zero-order valence-corrected chi connectivity index (χ0v) is 14.9. The Balaban J connectivity index is 2.17. The van der Waals surface area contributed by atoms with Gasteiger partial charge in [0.25, 0.3) is 0 Å². The van der Waals surface area contributed by atoms with Crippen molar-refractivity contribution in [2.75, 3.05) is 0 Å². The quantitative estimate of drug-likeness (QED) is 0.396. The molecule has 0 amide bonds. The van der Waals surface area contributed by atoms with Gasteiger partial charge in [0.15, 0.2) is 0 Å². The van der Waals surface area contributed by atoms with E-state index in [2.05, 4.69) is 45.7 Å². The van der Waals surface area contributed by atoms with Gasteiger partial charge in [-0.3, -0.25) is 0 Å². The molecule has 1 fully saturated rings. The fourth-order valence-corrected chi connectivity index (χ4v) is 3.79. The summed E-state index contributed by atoms with van der Waals surface area (Å²) in [6.45, 7) is 13.1. The van der Waals surface area contributed by atoms with E-state index in [9.17, 15) is 0 Å². The second-order valence-electron chi connectivity index (χ2n) is 8.10. The van der Waals surface area contributed by atoms with Crippen LogP contribution in [-0.2, 0) is 0 Å². The van der Waals surface area contributed by atoms with Crippen molar-refractivity contribution in [3.8, 4) is 0 Å². The van der Waals surface area contributed by atoms with Gasteiger partial charge in [0.1, 0.15) is 0 Å². The summed E-state index contributed by atoms with van der Waals surface area (Å²) < 4.78 is 0. The summed E-state index contributed by atoms with van der Waals surface area (Å²) in [4.78, 5) is 0. The van der Waals surface area contributed by atoms with Crippen molar-refractivity contribution in [2.24, 2.45) is 0 Å². The third-order valence-corrected chi connectivity index (χ3v) is 4.31. The zero-order chi connectivity index (χ0) is 15.8. The van der Waals surface area contributed by atoms with Crippen LogP contribution < -0.4 is 5.32 Å². The molecule has 0 spiro atoms. The Labute approximate surface area is 133 Å². The zero-order valence-electron chi connectivity index (χ0n) is 14.9. The molecule has 1 heterocycles. The molecule has 1 rings (SSSR count). The maximum Gasteiger partial charge on any atom is 0.0167 e. The molecule has 1 N–H and O–H groups in total. The maximum atomic E-state index is 3.77. The number of piperidine rings is 1. The number of rotatable bonds is 9. The molecule has 1 aliphatic rings. The van der Waals surface area contributed by atoms with E-state index in [1.165, 1.54) is 64.2 Å². The van der Waals surface area contributed by atoms with Gasteiger partial charge in [0.05, 0.1) is 0 Å². The van der Waals surface area contributed by atoms with Crippen LogP contribution >= 0.6 is 0 Å². The first-order chi connectivity index (χ1) is 9.85. The fourth-order valence-electron chi connectivity index (χ4n) is 3.79. The number of nitrogens with one attached hydrogen (secondary N) is 1. The van der Waals surface area contributed by atoms with Gasteiger partial charge in [-0.05, 0) is 66.2 Å². The van der Waals surface area contributed by atoms with Crippen LogP contribution in [0.2, 0.25) is 0 Å². The Hall–Kier alpha value is -0.560. The van der Waals surface area contributed by atoms with E-state index in [-0.39, 0.29) is 11.1 Å². The Kier molecular flexibility index (Phi) is 7.73. The lowest BCUT2D eigenvalue weighted by molar-refractivity contribution is 0.222. The molecule has 0 aromatic rings. The van der Waals surface area contributed by atoms with E-state index in [1.807, 2.05) is 6.08 Å². The van der Waals surface area contributed by atoms with Crippen molar-refractivity contribution in [2.45, 2.75) is 103 Å². The molecule has 0 saturated carbocycles. The van der Waals surface area contributed by atoms with Gasteiger partial charge < -0.3 is 5.32 Å². The third-order valence-electron chi connectivity index (χ3n) is 4.31. The molecule has 1 heteroatoms. The third kappa shape index (κ3) is 8.46. The highest BCUT2D eigenvalue weighted by Gasteiger charge is 2.34. The minimum Gasteiger partial charge on any atom is -0.306 e. The minimum absolute atomic E-state index is 0.249. The lowest BCUT2D eigenvalue weighted by Crippen LogP contribution is -2.55. The van der Waals surface area contributed by atoms with Crippen LogP contribution in [0.4, 0.5) is 0 Å². The summed E-state index contributed by atoms with van der Waals surface area (Å²) in [7, 11) is 0. The molecule has 0 atom stereocenters. The summed E-state index contributed by atoms with van der Waals surface area (Å²) in [5.74, 6) is 0. The Morgan fingerprint density at radius 2 is 1.33 bits per heavy atom. The molecule has 21 heavy (non-hydrogen) atoms. The van der Waals surface area contributed by atoms with E-state index in [0.29, 0.717) is 0 Å². The largest absolute Gasteiger partial charge is 0.306 e. The van der Waals surface area contributed by atoms with Crippen molar-refractivity contribution in [1.82, 2.24) is 5.32 Å². The van der Waals surface area contributed by atoms with E-state index in [4.69, 9.17) is 0 Å². The summed E-state index contributed by atoms with van der Waals surface area (Å²) in [5, 5.41) is 3.75. The van der Waals surface area contributed by atoms with Gasteiger partial charge >= 0.3 is 0 Å². The molecule has 1 nitrogen and oxygen atoms in total. The van der Waals surface area contributed by atoms with E-state index >= 15 is 0 Å². The molecule has 0 unspecified atom stereocenters. The van der Waals surface area contributed by atoms with Gasteiger partial charge in [-0.15, -0.1) is 6.58 Å². The predicted molar refractivity (Wildman–Crippen MR) is 95.7 cm³/mol. The maximum absolute atomic E-state index is 3.77. The van der Waals surface area contributed by atoms with Crippen LogP contribution in [0.1, 0.15) is 91.9 Å². The van der Waals surface area contributed by atoms with Crippen LogP contribution in [0.3, 0.4) is 0 Å². The van der Waals surface area contributed by atoms with Crippen molar-refractivity contribution in [3.63, 3.8) is 0 Å². The normalized spacial score (nSPS) is 20.3. The first-order valence-corrected chi connectivity index (χ1v) is 8.93. The van der Waals surface area contributed by atoms with Crippen LogP contribution in [0, 0.1) is 0 Å². The number of allylic oxidation sites excluding steroid dienone is 2. The van der Waals surface area contributed by atoms with Gasteiger partial charge in [-0.25, -0.2) is 0 Å². The fraction of sp³-hybridized carbons (Fsp3) is 0.800. The van der Waals surface area contributed by atoms with E-state index < -0.39 is 0 Å². The first kappa shape index (κ1) is 18.5. The smallest absolute Gasteiger partial charge is 0.0167 e. The number of unbranched alkanes of at least 4 members (excludes halogenated alkanes) is 7. The molecule has 0 aliphatic carbocycles. The van der Waals surface area contributed by atoms with Gasteiger partial charge in [-0.2, -0.15) is 0 Å². The SMILES string of the molecule is C=CCCCCCCCCC=C1CC(C)(C)NC(C)(C)C1. The summed E-state index contributed by atoms with van der Waals surface area (Å²) >= 11 is 0. The van der Waals surface area contributed by atoms with Crippen LogP contribution in [0.5, 0.6) is 0 Å². The summed E-state index contributed by atoms with van der Waals surface area (Å²) in [6.07, 6.45) is 17.7. The predicted octanol–water partition coefficient (Wildman–Crippen LogP) is 6.16. The van der Waals surface area contributed by atoms with E-state index in [1.54, 1.807) is 5.57 Å². The molecule has 0 radical (unpaired) electrons. The molecule has 0 aromatic heterocycles. The highest BCUT2D eigenvalue weighted by molar-refractivity contribution is 5.16.